The molecular formula is C56H69ClF7I2N13O11S5. The highest BCUT2D eigenvalue weighted by atomic mass is 127. The van der Waals surface area contributed by atoms with E-state index in [2.05, 4.69) is 108 Å². The molecule has 0 saturated heterocycles. The van der Waals surface area contributed by atoms with E-state index in [9.17, 15) is 74.8 Å². The SMILES string of the molecule is CC(C)(C)CNc1nc(CF)c(-c2nc3ccccc3s2)c(N[C@@H]2C[C@H](CO)[C@@H](O)[C@H]2O)n1.CCOC(=O)CC(=O)CF.CCOC(=O)CF.CSc1nc(CF)c(I)c(=O)[nH]1.CSc1nc(CF)cc(=O)[nH]1.CSc1nc(Cl)c(I)c(CF)n1.O=c1cc(CF)[nH]c(=S)[nH]1. The minimum absolute atomic E-state index is 0.0430. The van der Waals surface area contributed by atoms with Crippen LogP contribution in [0.25, 0.3) is 20.8 Å². The maximum absolute atomic E-state index is 14.2. The van der Waals surface area contributed by atoms with Crippen molar-refractivity contribution >= 4 is 155 Å². The van der Waals surface area contributed by atoms with Crippen molar-refractivity contribution in [1.82, 2.24) is 54.8 Å². The molecule has 0 aliphatic heterocycles. The number of aromatic nitrogens is 11. The van der Waals surface area contributed by atoms with Gasteiger partial charge < -0.3 is 50.4 Å². The Bertz CT molecular complexity index is 3720. The number of aromatic amines is 4. The van der Waals surface area contributed by atoms with Crippen LogP contribution in [0.1, 0.15) is 75.9 Å². The summed E-state index contributed by atoms with van der Waals surface area (Å²) >= 11 is 19.3. The van der Waals surface area contributed by atoms with Crippen molar-refractivity contribution in [2.75, 3.05) is 69.1 Å². The molecule has 1 saturated carbocycles. The number of hydrogen-bond donors (Lipinski definition) is 9. The van der Waals surface area contributed by atoms with Crippen molar-refractivity contribution in [3.05, 3.63) is 113 Å². The third-order valence-corrected chi connectivity index (χ3v) is 17.2. The number of hydrogen-bond acceptors (Lipinski definition) is 25. The molecule has 6 heterocycles. The molecule has 0 unspecified atom stereocenters. The number of halogens is 10. The number of nitrogens with one attached hydrogen (secondary N) is 6. The Morgan fingerprint density at radius 2 is 1.35 bits per heavy atom. The first-order chi connectivity index (χ1) is 45.1. The first-order valence-electron chi connectivity index (χ1n) is 27.6. The predicted octanol–water partition coefficient (Wildman–Crippen LogP) is 10.5. The zero-order valence-electron chi connectivity index (χ0n) is 52.0. The van der Waals surface area contributed by atoms with E-state index in [1.807, 2.05) is 53.1 Å². The van der Waals surface area contributed by atoms with Crippen LogP contribution in [0.5, 0.6) is 0 Å². The number of alkyl halides is 7. The molecule has 9 N–H and O–H groups in total. The molecule has 0 bridgehead atoms. The second-order valence-corrected chi connectivity index (χ2v) is 26.1. The molecule has 7 aromatic rings. The number of para-hydroxylation sites is 1. The average Bonchev–Trinajstić information content (AvgIpc) is 1.87. The van der Waals surface area contributed by atoms with E-state index in [-0.39, 0.29) is 75.4 Å². The first kappa shape index (κ1) is 85.6. The molecule has 1 fully saturated rings. The molecule has 0 spiro atoms. The Kier molecular flexibility index (Phi) is 40.7. The monoisotopic (exact) mass is 1680 g/mol. The fourth-order valence-electron chi connectivity index (χ4n) is 7.11. The van der Waals surface area contributed by atoms with Gasteiger partial charge in [0, 0.05) is 31.2 Å². The summed E-state index contributed by atoms with van der Waals surface area (Å²) in [7, 11) is 0. The van der Waals surface area contributed by atoms with E-state index < -0.39 is 95.0 Å². The van der Waals surface area contributed by atoms with Crippen LogP contribution in [0.4, 0.5) is 42.5 Å². The molecule has 4 atom stereocenters. The highest BCUT2D eigenvalue weighted by Crippen LogP contribution is 2.39. The molecular weight excluding hydrogens is 1610 g/mol. The number of ether oxygens (including phenoxy) is 2. The number of thiazole rings is 1. The molecule has 0 radical (unpaired) electrons. The van der Waals surface area contributed by atoms with Crippen LogP contribution >= 0.6 is 116 Å². The molecule has 95 heavy (non-hydrogen) atoms. The van der Waals surface area contributed by atoms with Crippen molar-refractivity contribution in [3.8, 4) is 10.6 Å². The number of fused-ring (bicyclic) bond motifs is 1. The van der Waals surface area contributed by atoms with Gasteiger partial charge in [0.2, 0.25) is 5.95 Å². The van der Waals surface area contributed by atoms with E-state index in [0.717, 1.165) is 22.3 Å². The molecule has 1 aromatic carbocycles. The number of rotatable bonds is 20. The van der Waals surface area contributed by atoms with Crippen molar-refractivity contribution < 1.29 is 69.9 Å². The average molecular weight is 1680 g/mol. The molecule has 24 nitrogen and oxygen atoms in total. The maximum atomic E-state index is 14.2. The summed E-state index contributed by atoms with van der Waals surface area (Å²) in [4.78, 5) is 102. The van der Waals surface area contributed by atoms with Crippen molar-refractivity contribution in [2.24, 2.45) is 11.3 Å². The summed E-state index contributed by atoms with van der Waals surface area (Å²) in [5.74, 6) is -2.03. The fourth-order valence-corrected chi connectivity index (χ4v) is 10.6. The summed E-state index contributed by atoms with van der Waals surface area (Å²) < 4.78 is 95.8. The van der Waals surface area contributed by atoms with Gasteiger partial charge in [0.05, 0.1) is 73.2 Å². The van der Waals surface area contributed by atoms with Gasteiger partial charge in [-0.25, -0.2) is 65.4 Å². The first-order valence-corrected chi connectivity index (χ1v) is 35.0. The van der Waals surface area contributed by atoms with Crippen molar-refractivity contribution in [1.29, 1.82) is 0 Å². The lowest BCUT2D eigenvalue weighted by atomic mass is 9.97. The summed E-state index contributed by atoms with van der Waals surface area (Å²) in [5, 5.41) is 39.0. The lowest BCUT2D eigenvalue weighted by molar-refractivity contribution is -0.146. The standard InChI is InChI=1S/C23H30FN5O3S.C6H5ClFIN2S.C6H6FIN2OS.C6H7FN2OS.C6H9FO3.C5H5FN2OS.C4H7FO2/c1-23(2,3)11-25-22-28-15(9-24)17(21-27-13-6-4-5-7-16(13)33-21)20(29-22)26-14-8-12(10-30)18(31)19(14)32;1-12-6-10-3(2-8)4(9)5(7)11-6;1-12-6-9-3(2-7)4(8)5(11)10-6;1-11-6-8-4(3-7)2-5(10)9-6;1-2-10-6(9)3-5(8)4-7;6-2-3-1-4(9)8-5(10)7-3;1-2-7-4(6)3-5/h4-7,12,14,18-19,30-32H,8-11H2,1-3H3,(H2,25,26,28,29);2H2,1H3;2H2,1H3,(H,9,10,11);2H,3H2,1H3,(H,8,9,10);2-4H2,1H3;1H,2H2,(H2,7,8,9,10);2-3H2,1H3/t12-,14-,18-,19+;;;;;;/m1....../s1. The quantitative estimate of drug-likeness (QED) is 0.00500. The van der Waals surface area contributed by atoms with Crippen LogP contribution in [0.15, 0.2) is 66.3 Å². The highest BCUT2D eigenvalue weighted by Gasteiger charge is 2.42. The molecule has 39 heteroatoms. The van der Waals surface area contributed by atoms with Crippen LogP contribution in [0, 0.1) is 23.2 Å². The molecule has 0 amide bonds. The summed E-state index contributed by atoms with van der Waals surface area (Å²) in [5.41, 5.74) is 1.37. The van der Waals surface area contributed by atoms with Crippen LogP contribution in [0.3, 0.4) is 0 Å². The lowest BCUT2D eigenvalue weighted by Gasteiger charge is -2.23. The van der Waals surface area contributed by atoms with E-state index in [1.165, 1.54) is 46.6 Å². The Hall–Kier alpha value is -5.47. The Labute approximate surface area is 593 Å². The number of carbonyl (C=O) groups excluding carboxylic acids is 3. The van der Waals surface area contributed by atoms with Crippen LogP contribution in [-0.2, 0) is 57.2 Å². The maximum Gasteiger partial charge on any atom is 0.337 e. The second kappa shape index (κ2) is 45.2. The zero-order chi connectivity index (χ0) is 71.5. The minimum atomic E-state index is -1.10. The Morgan fingerprint density at radius 3 is 1.86 bits per heavy atom. The number of ketones is 1. The van der Waals surface area contributed by atoms with Gasteiger partial charge in [-0.3, -0.25) is 29.0 Å². The van der Waals surface area contributed by atoms with Crippen molar-refractivity contribution in [2.45, 2.75) is 115 Å². The highest BCUT2D eigenvalue weighted by molar-refractivity contribution is 14.1. The Morgan fingerprint density at radius 1 is 0.737 bits per heavy atom. The number of H-pyrrole nitrogens is 4. The molecule has 1 aliphatic rings. The fraction of sp³-hybridized carbons (Fsp3) is 0.464. The number of anilines is 2. The van der Waals surface area contributed by atoms with Gasteiger partial charge in [-0.1, -0.05) is 79.8 Å². The molecule has 524 valence electrons. The summed E-state index contributed by atoms with van der Waals surface area (Å²) in [6.45, 7) is 4.63. The Balaban J connectivity index is 0.000000414. The number of thioether (sulfide) groups is 3. The topological polar surface area (TPSA) is 359 Å². The number of esters is 2. The van der Waals surface area contributed by atoms with Gasteiger partial charge in [0.1, 0.15) is 72.1 Å². The third kappa shape index (κ3) is 30.5. The number of carbonyl (C=O) groups is 3. The van der Waals surface area contributed by atoms with Gasteiger partial charge in [0.15, 0.2) is 32.7 Å². The largest absolute Gasteiger partial charge is 0.466 e. The van der Waals surface area contributed by atoms with Crippen molar-refractivity contribution in [3.63, 3.8) is 0 Å². The van der Waals surface area contributed by atoms with Gasteiger partial charge in [-0.15, -0.1) is 11.3 Å². The third-order valence-electron chi connectivity index (χ3n) is 11.4. The van der Waals surface area contributed by atoms with Gasteiger partial charge in [-0.05, 0) is 114 Å². The lowest BCUT2D eigenvalue weighted by Crippen LogP contribution is -2.36. The van der Waals surface area contributed by atoms with E-state index in [4.69, 9.17) is 11.6 Å². The molecule has 8 rings (SSSR count). The summed E-state index contributed by atoms with van der Waals surface area (Å²) in [6.07, 6.45) is 3.09. The zero-order valence-corrected chi connectivity index (χ0v) is 61.2. The number of aliphatic hydroxyl groups is 3. The van der Waals surface area contributed by atoms with E-state index >= 15 is 0 Å². The smallest absolute Gasteiger partial charge is 0.337 e. The molecule has 1 aliphatic carbocycles. The van der Waals surface area contributed by atoms with Gasteiger partial charge in [0.25, 0.3) is 16.7 Å². The van der Waals surface area contributed by atoms with Crippen LogP contribution < -0.4 is 27.3 Å². The van der Waals surface area contributed by atoms with Crippen LogP contribution in [-0.4, -0.2) is 165 Å². The number of Topliss-reactive ketones (excluding diaryl/α,β-unsaturated/α-hetero) is 1. The van der Waals surface area contributed by atoms with Crippen LogP contribution in [0.2, 0.25) is 5.15 Å². The normalized spacial score (nSPS) is 14.4. The number of benzene rings is 1. The second-order valence-electron chi connectivity index (χ2n) is 19.7. The van der Waals surface area contributed by atoms with E-state index in [0.29, 0.717) is 62.8 Å². The summed E-state index contributed by atoms with van der Waals surface area (Å²) in [6, 6.07) is 9.37. The number of nitrogens with zero attached hydrogens (tertiary/aromatic N) is 7. The van der Waals surface area contributed by atoms with Gasteiger partial charge >= 0.3 is 11.9 Å². The molecule has 6 aromatic heterocycles. The number of aliphatic hydroxyl groups excluding tert-OH is 3. The van der Waals surface area contributed by atoms with E-state index in [1.54, 1.807) is 48.9 Å². The predicted molar refractivity (Wildman–Crippen MR) is 372 cm³/mol. The van der Waals surface area contributed by atoms with Gasteiger partial charge in [-0.2, -0.15) is 4.98 Å². The minimum Gasteiger partial charge on any atom is -0.466 e.